The van der Waals surface area contributed by atoms with Crippen LogP contribution >= 0.6 is 11.8 Å². The minimum Gasteiger partial charge on any atom is -0.423 e. The molecule has 3 aromatic carbocycles. The molecule has 170 valence electrons. The molecule has 0 aliphatic carbocycles. The van der Waals surface area contributed by atoms with Crippen LogP contribution in [0.15, 0.2) is 95.1 Å². The Morgan fingerprint density at radius 2 is 1.65 bits per heavy atom. The van der Waals surface area contributed by atoms with Crippen LogP contribution in [0.4, 0.5) is 5.69 Å². The monoisotopic (exact) mass is 472 g/mol. The molecule has 2 N–H and O–H groups in total. The first kappa shape index (κ1) is 22.9. The fourth-order valence-corrected chi connectivity index (χ4v) is 3.92. The summed E-state index contributed by atoms with van der Waals surface area (Å²) in [7, 11) is 0. The van der Waals surface area contributed by atoms with Gasteiger partial charge in [0.1, 0.15) is 11.0 Å². The number of carbonyl (C=O) groups is 3. The Labute approximate surface area is 200 Å². The molecule has 1 aliphatic heterocycles. The van der Waals surface area contributed by atoms with Crippen LogP contribution in [-0.2, 0) is 9.59 Å². The molecule has 1 heterocycles. The Kier molecular flexibility index (Phi) is 7.46. The number of ether oxygens (including phenoxy) is 1. The van der Waals surface area contributed by atoms with E-state index >= 15 is 0 Å². The number of amidine groups is 1. The van der Waals surface area contributed by atoms with Crippen molar-refractivity contribution in [2.24, 2.45) is 10.2 Å². The van der Waals surface area contributed by atoms with E-state index in [0.29, 0.717) is 22.2 Å². The standard InChI is InChI=1S/C25H20N4O4S/c30-22(27-19-9-5-2-6-10-19)15-21-23(31)28-25(34-21)29-26-16-17-11-13-20(14-12-17)33-24(32)18-7-3-1-4-8-18/h1-14,16,21H,15H2,(H,27,30)(H,28,29,31). The third kappa shape index (κ3) is 6.39. The van der Waals surface area contributed by atoms with Crippen LogP contribution in [0.1, 0.15) is 22.3 Å². The van der Waals surface area contributed by atoms with Crippen molar-refractivity contribution in [2.45, 2.75) is 11.7 Å². The van der Waals surface area contributed by atoms with E-state index < -0.39 is 11.2 Å². The van der Waals surface area contributed by atoms with E-state index in [9.17, 15) is 14.4 Å². The van der Waals surface area contributed by atoms with Gasteiger partial charge in [-0.1, -0.05) is 48.2 Å². The molecular weight excluding hydrogens is 452 g/mol. The van der Waals surface area contributed by atoms with E-state index in [0.717, 1.165) is 17.3 Å². The molecule has 0 aromatic heterocycles. The van der Waals surface area contributed by atoms with Gasteiger partial charge in [0.25, 0.3) is 0 Å². The molecule has 0 bridgehead atoms. The number of anilines is 1. The predicted molar refractivity (Wildman–Crippen MR) is 132 cm³/mol. The van der Waals surface area contributed by atoms with Crippen molar-refractivity contribution in [3.63, 3.8) is 0 Å². The first-order chi connectivity index (χ1) is 16.6. The van der Waals surface area contributed by atoms with E-state index in [1.54, 1.807) is 60.7 Å². The van der Waals surface area contributed by atoms with Gasteiger partial charge in [0.2, 0.25) is 11.8 Å². The Bertz CT molecular complexity index is 1230. The van der Waals surface area contributed by atoms with E-state index in [4.69, 9.17) is 4.74 Å². The number of nitrogens with zero attached hydrogens (tertiary/aromatic N) is 2. The molecule has 1 aliphatic rings. The van der Waals surface area contributed by atoms with Crippen molar-refractivity contribution < 1.29 is 19.1 Å². The highest BCUT2D eigenvalue weighted by Crippen LogP contribution is 2.23. The van der Waals surface area contributed by atoms with Gasteiger partial charge in [0.05, 0.1) is 11.8 Å². The zero-order chi connectivity index (χ0) is 23.8. The van der Waals surface area contributed by atoms with Gasteiger partial charge in [-0.2, -0.15) is 5.10 Å². The van der Waals surface area contributed by atoms with Gasteiger partial charge in [-0.15, -0.1) is 5.10 Å². The molecule has 0 spiro atoms. The summed E-state index contributed by atoms with van der Waals surface area (Å²) in [5, 5.41) is 13.2. The molecule has 8 nitrogen and oxygen atoms in total. The summed E-state index contributed by atoms with van der Waals surface area (Å²) in [6.45, 7) is 0. The summed E-state index contributed by atoms with van der Waals surface area (Å²) in [6, 6.07) is 24.6. The molecule has 1 atom stereocenters. The number of nitrogens with one attached hydrogen (secondary N) is 2. The smallest absolute Gasteiger partial charge is 0.343 e. The largest absolute Gasteiger partial charge is 0.423 e. The van der Waals surface area contributed by atoms with Gasteiger partial charge in [-0.3, -0.25) is 9.59 Å². The predicted octanol–water partition coefficient (Wildman–Crippen LogP) is 3.86. The summed E-state index contributed by atoms with van der Waals surface area (Å²) in [5.74, 6) is -0.564. The van der Waals surface area contributed by atoms with Crippen LogP contribution in [0, 0.1) is 0 Å². The van der Waals surface area contributed by atoms with Crippen molar-refractivity contribution >= 4 is 46.6 Å². The van der Waals surface area contributed by atoms with Crippen molar-refractivity contribution in [3.8, 4) is 5.75 Å². The summed E-state index contributed by atoms with van der Waals surface area (Å²) >= 11 is 1.16. The van der Waals surface area contributed by atoms with Crippen molar-refractivity contribution in [2.75, 3.05) is 5.32 Å². The van der Waals surface area contributed by atoms with Crippen LogP contribution in [0.25, 0.3) is 0 Å². The number of rotatable bonds is 7. The normalized spacial score (nSPS) is 16.4. The molecule has 34 heavy (non-hydrogen) atoms. The molecule has 0 radical (unpaired) electrons. The lowest BCUT2D eigenvalue weighted by molar-refractivity contribution is -0.122. The lowest BCUT2D eigenvalue weighted by Crippen LogP contribution is -2.28. The molecule has 1 fully saturated rings. The summed E-state index contributed by atoms with van der Waals surface area (Å²) in [6.07, 6.45) is 1.54. The number of esters is 1. The lowest BCUT2D eigenvalue weighted by Gasteiger charge is -2.06. The van der Waals surface area contributed by atoms with E-state index in [2.05, 4.69) is 20.8 Å². The Hall–Kier alpha value is -4.24. The molecule has 1 unspecified atom stereocenters. The second-order valence-electron chi connectivity index (χ2n) is 7.19. The second kappa shape index (κ2) is 11.1. The van der Waals surface area contributed by atoms with Crippen molar-refractivity contribution in [3.05, 3.63) is 96.1 Å². The van der Waals surface area contributed by atoms with Gasteiger partial charge in [-0.25, -0.2) is 4.79 Å². The second-order valence-corrected chi connectivity index (χ2v) is 8.38. The first-order valence-corrected chi connectivity index (χ1v) is 11.3. The summed E-state index contributed by atoms with van der Waals surface area (Å²) < 4.78 is 5.34. The third-order valence-electron chi connectivity index (χ3n) is 4.66. The minimum atomic E-state index is -0.573. The third-order valence-corrected chi connectivity index (χ3v) is 5.73. The molecule has 0 saturated carbocycles. The maximum absolute atomic E-state index is 12.2. The summed E-state index contributed by atoms with van der Waals surface area (Å²) in [5.41, 5.74) is 1.88. The first-order valence-electron chi connectivity index (χ1n) is 10.4. The number of para-hydroxylation sites is 1. The van der Waals surface area contributed by atoms with E-state index in [-0.39, 0.29) is 18.2 Å². The lowest BCUT2D eigenvalue weighted by atomic mass is 10.2. The topological polar surface area (TPSA) is 109 Å². The van der Waals surface area contributed by atoms with Crippen molar-refractivity contribution in [1.82, 2.24) is 5.32 Å². The fraction of sp³-hybridized carbons (Fsp3) is 0.0800. The van der Waals surface area contributed by atoms with Crippen molar-refractivity contribution in [1.29, 1.82) is 0 Å². The Balaban J connectivity index is 1.28. The van der Waals surface area contributed by atoms with E-state index in [1.165, 1.54) is 6.21 Å². The Morgan fingerprint density at radius 3 is 2.35 bits per heavy atom. The molecule has 3 aromatic rings. The highest BCUT2D eigenvalue weighted by atomic mass is 32.2. The zero-order valence-electron chi connectivity index (χ0n) is 17.9. The maximum Gasteiger partial charge on any atom is 0.343 e. The Morgan fingerprint density at radius 1 is 0.971 bits per heavy atom. The number of benzene rings is 3. The quantitative estimate of drug-likeness (QED) is 0.235. The number of thioether (sulfide) groups is 1. The van der Waals surface area contributed by atoms with Gasteiger partial charge in [-0.05, 0) is 54.1 Å². The highest BCUT2D eigenvalue weighted by Gasteiger charge is 2.32. The van der Waals surface area contributed by atoms with E-state index in [1.807, 2.05) is 24.3 Å². The highest BCUT2D eigenvalue weighted by molar-refractivity contribution is 8.15. The molecule has 2 amide bonds. The van der Waals surface area contributed by atoms with Gasteiger partial charge in [0, 0.05) is 12.1 Å². The van der Waals surface area contributed by atoms with Crippen LogP contribution in [0.2, 0.25) is 0 Å². The SMILES string of the molecule is O=C(CC1S/C(=N/N=Cc2ccc(OC(=O)c3ccccc3)cc2)NC1=O)Nc1ccccc1. The fourth-order valence-electron chi connectivity index (χ4n) is 3.00. The number of carbonyl (C=O) groups excluding carboxylic acids is 3. The van der Waals surface area contributed by atoms with Gasteiger partial charge in [0.15, 0.2) is 5.17 Å². The van der Waals surface area contributed by atoms with Gasteiger partial charge >= 0.3 is 5.97 Å². The average molecular weight is 473 g/mol. The molecule has 4 rings (SSSR count). The van der Waals surface area contributed by atoms with Crippen LogP contribution in [0.5, 0.6) is 5.75 Å². The van der Waals surface area contributed by atoms with Crippen LogP contribution in [-0.4, -0.2) is 34.4 Å². The molecule has 1 saturated heterocycles. The van der Waals surface area contributed by atoms with Gasteiger partial charge < -0.3 is 15.4 Å². The average Bonchev–Trinajstić information content (AvgIpc) is 3.20. The number of hydrogen-bond donors (Lipinski definition) is 2. The van der Waals surface area contributed by atoms with Crippen LogP contribution in [0.3, 0.4) is 0 Å². The maximum atomic E-state index is 12.2. The minimum absolute atomic E-state index is 0.0251. The number of hydrogen-bond acceptors (Lipinski definition) is 7. The molecule has 9 heteroatoms. The number of amides is 2. The van der Waals surface area contributed by atoms with Crippen LogP contribution < -0.4 is 15.4 Å². The molecular formula is C25H20N4O4S. The summed E-state index contributed by atoms with van der Waals surface area (Å²) in [4.78, 5) is 36.4. The zero-order valence-corrected chi connectivity index (χ0v) is 18.7.